The molecule has 0 aliphatic rings. The van der Waals surface area contributed by atoms with Crippen LogP contribution in [-0.4, -0.2) is 25.2 Å². The number of hydrogen-bond donors (Lipinski definition) is 1. The Bertz CT molecular complexity index is 1050. The van der Waals surface area contributed by atoms with Crippen LogP contribution in [-0.2, 0) is 13.1 Å². The highest BCUT2D eigenvalue weighted by Gasteiger charge is 2.13. The molecule has 28 heavy (non-hydrogen) atoms. The second kappa shape index (κ2) is 7.87. The predicted octanol–water partition coefficient (Wildman–Crippen LogP) is 3.19. The predicted molar refractivity (Wildman–Crippen MR) is 102 cm³/mol. The normalized spacial score (nSPS) is 10.8. The molecule has 2 aromatic carbocycles. The van der Waals surface area contributed by atoms with E-state index in [-0.39, 0.29) is 11.7 Å². The SMILES string of the molecule is O=C(NCc1ccc(Cn2cccn2)cc1)c1cncn1-c1ccc(F)cc1. The van der Waals surface area contributed by atoms with Crippen LogP contribution in [0, 0.1) is 5.82 Å². The smallest absolute Gasteiger partial charge is 0.270 e. The van der Waals surface area contributed by atoms with Gasteiger partial charge in [-0.05, 0) is 41.5 Å². The molecule has 6 nitrogen and oxygen atoms in total. The Hall–Kier alpha value is -3.74. The van der Waals surface area contributed by atoms with E-state index in [9.17, 15) is 9.18 Å². The highest BCUT2D eigenvalue weighted by Crippen LogP contribution is 2.13. The van der Waals surface area contributed by atoms with Crippen molar-refractivity contribution in [2.45, 2.75) is 13.1 Å². The van der Waals surface area contributed by atoms with E-state index < -0.39 is 0 Å². The summed E-state index contributed by atoms with van der Waals surface area (Å²) in [5.74, 6) is -0.576. The molecule has 4 rings (SSSR count). The Morgan fingerprint density at radius 2 is 1.79 bits per heavy atom. The quantitative estimate of drug-likeness (QED) is 0.563. The molecule has 0 radical (unpaired) electrons. The molecule has 0 fully saturated rings. The van der Waals surface area contributed by atoms with Crippen molar-refractivity contribution in [1.29, 1.82) is 0 Å². The zero-order valence-electron chi connectivity index (χ0n) is 15.0. The Morgan fingerprint density at radius 3 is 2.50 bits per heavy atom. The summed E-state index contributed by atoms with van der Waals surface area (Å²) in [6.45, 7) is 1.10. The number of rotatable bonds is 6. The Labute approximate surface area is 161 Å². The van der Waals surface area contributed by atoms with E-state index in [0.29, 0.717) is 24.5 Å². The molecule has 1 N–H and O–H groups in total. The second-order valence-corrected chi connectivity index (χ2v) is 6.33. The lowest BCUT2D eigenvalue weighted by Crippen LogP contribution is -2.25. The van der Waals surface area contributed by atoms with Gasteiger partial charge < -0.3 is 5.32 Å². The average molecular weight is 375 g/mol. The molecule has 0 aliphatic carbocycles. The van der Waals surface area contributed by atoms with Crippen LogP contribution in [0.4, 0.5) is 4.39 Å². The molecule has 0 aliphatic heterocycles. The van der Waals surface area contributed by atoms with E-state index >= 15 is 0 Å². The summed E-state index contributed by atoms with van der Waals surface area (Å²) in [5.41, 5.74) is 3.19. The zero-order chi connectivity index (χ0) is 19.3. The van der Waals surface area contributed by atoms with E-state index in [2.05, 4.69) is 15.4 Å². The molecule has 2 aromatic heterocycles. The van der Waals surface area contributed by atoms with Crippen molar-refractivity contribution in [3.05, 3.63) is 102 Å². The van der Waals surface area contributed by atoms with E-state index in [0.717, 1.165) is 11.1 Å². The van der Waals surface area contributed by atoms with Gasteiger partial charge in [0.2, 0.25) is 0 Å². The van der Waals surface area contributed by atoms with Crippen LogP contribution >= 0.6 is 0 Å². The minimum Gasteiger partial charge on any atom is -0.347 e. The molecular weight excluding hydrogens is 357 g/mol. The molecule has 0 unspecified atom stereocenters. The van der Waals surface area contributed by atoms with Crippen molar-refractivity contribution in [3.8, 4) is 5.69 Å². The summed E-state index contributed by atoms with van der Waals surface area (Å²) < 4.78 is 16.6. The largest absolute Gasteiger partial charge is 0.347 e. The molecule has 0 spiro atoms. The molecule has 1 amide bonds. The fraction of sp³-hybridized carbons (Fsp3) is 0.0952. The summed E-state index contributed by atoms with van der Waals surface area (Å²) in [6, 6.07) is 15.8. The van der Waals surface area contributed by atoms with Crippen LogP contribution in [0.15, 0.2) is 79.5 Å². The number of nitrogens with one attached hydrogen (secondary N) is 1. The van der Waals surface area contributed by atoms with Crippen molar-refractivity contribution in [1.82, 2.24) is 24.6 Å². The third-order valence-corrected chi connectivity index (χ3v) is 4.36. The van der Waals surface area contributed by atoms with Gasteiger partial charge in [-0.3, -0.25) is 14.0 Å². The minimum absolute atomic E-state index is 0.248. The lowest BCUT2D eigenvalue weighted by atomic mass is 10.1. The first-order valence-corrected chi connectivity index (χ1v) is 8.81. The first kappa shape index (κ1) is 17.7. The number of carbonyl (C=O) groups is 1. The maximum Gasteiger partial charge on any atom is 0.270 e. The van der Waals surface area contributed by atoms with Crippen LogP contribution in [0.3, 0.4) is 0 Å². The maximum absolute atomic E-state index is 13.1. The molecule has 2 heterocycles. The summed E-state index contributed by atoms with van der Waals surface area (Å²) in [5, 5.41) is 7.09. The van der Waals surface area contributed by atoms with E-state index in [1.54, 1.807) is 22.9 Å². The van der Waals surface area contributed by atoms with Crippen LogP contribution in [0.5, 0.6) is 0 Å². The Kier molecular flexibility index (Phi) is 4.97. The van der Waals surface area contributed by atoms with E-state index in [4.69, 9.17) is 0 Å². The summed E-state index contributed by atoms with van der Waals surface area (Å²) in [4.78, 5) is 16.6. The maximum atomic E-state index is 13.1. The third kappa shape index (κ3) is 3.98. The van der Waals surface area contributed by atoms with Crippen molar-refractivity contribution in [2.24, 2.45) is 0 Å². The third-order valence-electron chi connectivity index (χ3n) is 4.36. The summed E-state index contributed by atoms with van der Waals surface area (Å²) in [6.07, 6.45) is 6.69. The molecular formula is C21H18FN5O. The number of nitrogens with zero attached hydrogens (tertiary/aromatic N) is 4. The first-order chi connectivity index (χ1) is 13.7. The number of hydrogen-bond acceptors (Lipinski definition) is 3. The van der Waals surface area contributed by atoms with Gasteiger partial charge in [-0.15, -0.1) is 0 Å². The molecule has 7 heteroatoms. The second-order valence-electron chi connectivity index (χ2n) is 6.33. The van der Waals surface area contributed by atoms with Crippen LogP contribution in [0.25, 0.3) is 5.69 Å². The van der Waals surface area contributed by atoms with Gasteiger partial charge in [0.25, 0.3) is 5.91 Å². The van der Waals surface area contributed by atoms with Gasteiger partial charge in [0, 0.05) is 24.6 Å². The van der Waals surface area contributed by atoms with Crippen molar-refractivity contribution < 1.29 is 9.18 Å². The van der Waals surface area contributed by atoms with Gasteiger partial charge in [-0.2, -0.15) is 5.10 Å². The lowest BCUT2D eigenvalue weighted by molar-refractivity contribution is 0.0944. The van der Waals surface area contributed by atoms with E-state index in [1.807, 2.05) is 41.2 Å². The standard InChI is InChI=1S/C21H18FN5O/c22-18-6-8-19(9-7-18)27-15-23-13-20(27)21(28)24-12-16-2-4-17(5-3-16)14-26-11-1-10-25-26/h1-11,13,15H,12,14H2,(H,24,28). The number of amides is 1. The topological polar surface area (TPSA) is 64.7 Å². The van der Waals surface area contributed by atoms with Gasteiger partial charge in [0.05, 0.1) is 19.1 Å². The average Bonchev–Trinajstić information content (AvgIpc) is 3.40. The van der Waals surface area contributed by atoms with Crippen LogP contribution in [0.2, 0.25) is 0 Å². The van der Waals surface area contributed by atoms with Crippen molar-refractivity contribution in [2.75, 3.05) is 0 Å². The highest BCUT2D eigenvalue weighted by atomic mass is 19.1. The number of imidazole rings is 1. The van der Waals surface area contributed by atoms with Gasteiger partial charge in [-0.1, -0.05) is 24.3 Å². The summed E-state index contributed by atoms with van der Waals surface area (Å²) >= 11 is 0. The monoisotopic (exact) mass is 375 g/mol. The molecule has 0 saturated carbocycles. The number of aromatic nitrogens is 4. The van der Waals surface area contributed by atoms with E-state index in [1.165, 1.54) is 24.7 Å². The number of carbonyl (C=O) groups excluding carboxylic acids is 1. The van der Waals surface area contributed by atoms with Gasteiger partial charge in [-0.25, -0.2) is 9.37 Å². The molecule has 4 aromatic rings. The fourth-order valence-electron chi connectivity index (χ4n) is 2.89. The van der Waals surface area contributed by atoms with Crippen LogP contribution in [0.1, 0.15) is 21.6 Å². The van der Waals surface area contributed by atoms with Crippen molar-refractivity contribution in [3.63, 3.8) is 0 Å². The molecule has 0 bridgehead atoms. The minimum atomic E-state index is -0.328. The lowest BCUT2D eigenvalue weighted by Gasteiger charge is -2.09. The fourth-order valence-corrected chi connectivity index (χ4v) is 2.89. The van der Waals surface area contributed by atoms with Gasteiger partial charge >= 0.3 is 0 Å². The highest BCUT2D eigenvalue weighted by molar-refractivity contribution is 5.92. The summed E-state index contributed by atoms with van der Waals surface area (Å²) in [7, 11) is 0. The van der Waals surface area contributed by atoms with Gasteiger partial charge in [0.15, 0.2) is 0 Å². The molecule has 0 atom stereocenters. The first-order valence-electron chi connectivity index (χ1n) is 8.81. The number of benzene rings is 2. The van der Waals surface area contributed by atoms with Crippen LogP contribution < -0.4 is 5.32 Å². The Morgan fingerprint density at radius 1 is 1.04 bits per heavy atom. The molecule has 0 saturated heterocycles. The zero-order valence-corrected chi connectivity index (χ0v) is 15.0. The Balaban J connectivity index is 1.40. The van der Waals surface area contributed by atoms with Gasteiger partial charge in [0.1, 0.15) is 11.5 Å². The van der Waals surface area contributed by atoms with Crippen molar-refractivity contribution >= 4 is 5.91 Å². The number of halogens is 1. The molecule has 140 valence electrons.